The average molecular weight is 403 g/mol. The number of benzene rings is 1. The Morgan fingerprint density at radius 1 is 1.18 bits per heavy atom. The van der Waals surface area contributed by atoms with E-state index in [2.05, 4.69) is 9.88 Å². The highest BCUT2D eigenvalue weighted by Gasteiger charge is 2.40. The summed E-state index contributed by atoms with van der Waals surface area (Å²) in [4.78, 5) is 7.06. The molecule has 0 saturated carbocycles. The maximum absolute atomic E-state index is 12.8. The SMILES string of the molecule is CC1[C@H](c2ccc(OCCCN3CCCC3)nc2)Oc2ccccc2S1(=O)=O. The maximum atomic E-state index is 12.8. The molecule has 0 radical (unpaired) electrons. The molecule has 0 spiro atoms. The zero-order valence-corrected chi connectivity index (χ0v) is 16.9. The summed E-state index contributed by atoms with van der Waals surface area (Å²) in [5, 5.41) is -0.684. The van der Waals surface area contributed by atoms with Crippen molar-refractivity contribution in [1.82, 2.24) is 9.88 Å². The lowest BCUT2D eigenvalue weighted by molar-refractivity contribution is 0.188. The molecule has 2 aromatic rings. The van der Waals surface area contributed by atoms with Gasteiger partial charge in [-0.25, -0.2) is 13.4 Å². The van der Waals surface area contributed by atoms with Gasteiger partial charge in [0.25, 0.3) is 0 Å². The number of pyridine rings is 1. The van der Waals surface area contributed by atoms with Crippen molar-refractivity contribution in [1.29, 1.82) is 0 Å². The molecule has 7 heteroatoms. The van der Waals surface area contributed by atoms with Crippen molar-refractivity contribution in [2.24, 2.45) is 0 Å². The summed E-state index contributed by atoms with van der Waals surface area (Å²) in [6, 6.07) is 10.4. The van der Waals surface area contributed by atoms with Crippen LogP contribution in [-0.2, 0) is 9.84 Å². The molecule has 4 rings (SSSR count). The number of rotatable bonds is 6. The fraction of sp³-hybridized carbons (Fsp3) is 0.476. The topological polar surface area (TPSA) is 68.7 Å². The van der Waals surface area contributed by atoms with Gasteiger partial charge in [0, 0.05) is 24.4 Å². The molecule has 1 unspecified atom stereocenters. The third kappa shape index (κ3) is 3.86. The number of para-hydroxylation sites is 1. The number of hydrogen-bond acceptors (Lipinski definition) is 6. The molecule has 6 nitrogen and oxygen atoms in total. The average Bonchev–Trinajstić information content (AvgIpc) is 3.22. The van der Waals surface area contributed by atoms with Gasteiger partial charge in [0.1, 0.15) is 22.0 Å². The molecule has 2 aliphatic rings. The Morgan fingerprint density at radius 2 is 1.96 bits per heavy atom. The van der Waals surface area contributed by atoms with Crippen molar-refractivity contribution in [3.8, 4) is 11.6 Å². The van der Waals surface area contributed by atoms with Crippen LogP contribution in [0.15, 0.2) is 47.5 Å². The summed E-state index contributed by atoms with van der Waals surface area (Å²) in [6.45, 7) is 5.75. The van der Waals surface area contributed by atoms with Crippen LogP contribution >= 0.6 is 0 Å². The predicted octanol–water partition coefficient (Wildman–Crippen LogP) is 3.24. The molecule has 28 heavy (non-hydrogen) atoms. The van der Waals surface area contributed by atoms with Gasteiger partial charge in [-0.1, -0.05) is 12.1 Å². The molecule has 0 bridgehead atoms. The van der Waals surface area contributed by atoms with Gasteiger partial charge in [-0.3, -0.25) is 0 Å². The number of nitrogens with zero attached hydrogens (tertiary/aromatic N) is 2. The van der Waals surface area contributed by atoms with E-state index in [-0.39, 0.29) is 4.90 Å². The Balaban J connectivity index is 1.39. The molecular weight excluding hydrogens is 376 g/mol. The van der Waals surface area contributed by atoms with Crippen LogP contribution in [-0.4, -0.2) is 49.8 Å². The van der Waals surface area contributed by atoms with Crippen molar-refractivity contribution in [3.05, 3.63) is 48.2 Å². The van der Waals surface area contributed by atoms with Crippen LogP contribution in [0.3, 0.4) is 0 Å². The lowest BCUT2D eigenvalue weighted by Crippen LogP contribution is -2.34. The Morgan fingerprint density at radius 3 is 2.71 bits per heavy atom. The number of sulfone groups is 1. The summed E-state index contributed by atoms with van der Waals surface area (Å²) in [7, 11) is -3.44. The number of aromatic nitrogens is 1. The van der Waals surface area contributed by atoms with Crippen molar-refractivity contribution in [3.63, 3.8) is 0 Å². The second-order valence-corrected chi connectivity index (χ2v) is 9.69. The highest BCUT2D eigenvalue weighted by molar-refractivity contribution is 7.92. The maximum Gasteiger partial charge on any atom is 0.213 e. The Labute approximate surface area is 166 Å². The van der Waals surface area contributed by atoms with Gasteiger partial charge in [-0.05, 0) is 57.5 Å². The molecule has 1 aromatic carbocycles. The molecule has 1 aromatic heterocycles. The van der Waals surface area contributed by atoms with E-state index >= 15 is 0 Å². The van der Waals surface area contributed by atoms with E-state index in [0.29, 0.717) is 18.2 Å². The van der Waals surface area contributed by atoms with Gasteiger partial charge in [-0.2, -0.15) is 0 Å². The van der Waals surface area contributed by atoms with E-state index in [9.17, 15) is 8.42 Å². The van der Waals surface area contributed by atoms with E-state index in [1.165, 1.54) is 25.9 Å². The third-order valence-electron chi connectivity index (χ3n) is 5.48. The molecule has 2 atom stereocenters. The van der Waals surface area contributed by atoms with E-state index in [0.717, 1.165) is 18.5 Å². The van der Waals surface area contributed by atoms with Crippen molar-refractivity contribution < 1.29 is 17.9 Å². The van der Waals surface area contributed by atoms with E-state index in [4.69, 9.17) is 9.47 Å². The van der Waals surface area contributed by atoms with Crippen LogP contribution < -0.4 is 9.47 Å². The van der Waals surface area contributed by atoms with E-state index in [1.807, 2.05) is 6.07 Å². The van der Waals surface area contributed by atoms with Gasteiger partial charge >= 0.3 is 0 Å². The molecule has 150 valence electrons. The first-order valence-electron chi connectivity index (χ1n) is 9.86. The minimum atomic E-state index is -3.44. The highest BCUT2D eigenvalue weighted by Crippen LogP contribution is 2.40. The zero-order valence-electron chi connectivity index (χ0n) is 16.1. The zero-order chi connectivity index (χ0) is 19.6. The quantitative estimate of drug-likeness (QED) is 0.691. The summed E-state index contributed by atoms with van der Waals surface area (Å²) < 4.78 is 37.3. The van der Waals surface area contributed by atoms with Crippen LogP contribution in [0.25, 0.3) is 0 Å². The summed E-state index contributed by atoms with van der Waals surface area (Å²) in [5.74, 6) is 0.949. The van der Waals surface area contributed by atoms with Crippen LogP contribution in [0.4, 0.5) is 0 Å². The second-order valence-electron chi connectivity index (χ2n) is 7.42. The molecule has 3 heterocycles. The Hall–Kier alpha value is -2.12. The van der Waals surface area contributed by atoms with Gasteiger partial charge in [0.15, 0.2) is 9.84 Å². The van der Waals surface area contributed by atoms with Gasteiger partial charge in [0.05, 0.1) is 6.61 Å². The monoisotopic (exact) mass is 402 g/mol. The van der Waals surface area contributed by atoms with Crippen molar-refractivity contribution in [2.75, 3.05) is 26.2 Å². The number of likely N-dealkylation sites (tertiary alicyclic amines) is 1. The smallest absolute Gasteiger partial charge is 0.213 e. The number of ether oxygens (including phenoxy) is 2. The predicted molar refractivity (Wildman–Crippen MR) is 106 cm³/mol. The van der Waals surface area contributed by atoms with Crippen LogP contribution in [0.2, 0.25) is 0 Å². The standard InChI is InChI=1S/C21H26N2O4S/c1-16-21(27-18-7-2-3-8-19(18)28(16,24)25)17-9-10-20(22-15-17)26-14-6-13-23-11-4-5-12-23/h2-3,7-10,15-16,21H,4-6,11-14H2,1H3/t16?,21-/m1/s1. The van der Waals surface area contributed by atoms with Crippen molar-refractivity contribution in [2.45, 2.75) is 42.4 Å². The molecular formula is C21H26N2O4S. The Kier molecular flexibility index (Phi) is 5.55. The largest absolute Gasteiger partial charge is 0.483 e. The fourth-order valence-corrected chi connectivity index (χ4v) is 5.44. The summed E-state index contributed by atoms with van der Waals surface area (Å²) >= 11 is 0. The minimum absolute atomic E-state index is 0.254. The molecule has 1 fully saturated rings. The van der Waals surface area contributed by atoms with Crippen LogP contribution in [0, 0.1) is 0 Å². The fourth-order valence-electron chi connectivity index (χ4n) is 3.83. The lowest BCUT2D eigenvalue weighted by atomic mass is 10.1. The molecule has 0 amide bonds. The molecule has 1 saturated heterocycles. The van der Waals surface area contributed by atoms with Crippen molar-refractivity contribution >= 4 is 9.84 Å². The van der Waals surface area contributed by atoms with Gasteiger partial charge < -0.3 is 14.4 Å². The highest BCUT2D eigenvalue weighted by atomic mass is 32.2. The number of hydrogen-bond donors (Lipinski definition) is 0. The van der Waals surface area contributed by atoms with Crippen LogP contribution in [0.5, 0.6) is 11.6 Å². The summed E-state index contributed by atoms with van der Waals surface area (Å²) in [5.41, 5.74) is 0.731. The molecule has 0 N–H and O–H groups in total. The van der Waals surface area contributed by atoms with Gasteiger partial charge in [-0.15, -0.1) is 0 Å². The molecule has 2 aliphatic heterocycles. The number of fused-ring (bicyclic) bond motifs is 1. The lowest BCUT2D eigenvalue weighted by Gasteiger charge is -2.31. The van der Waals surface area contributed by atoms with Crippen LogP contribution in [0.1, 0.15) is 37.9 Å². The minimum Gasteiger partial charge on any atom is -0.483 e. The third-order valence-corrected chi connectivity index (χ3v) is 7.66. The summed E-state index contributed by atoms with van der Waals surface area (Å²) in [6.07, 6.45) is 4.63. The first kappa shape index (κ1) is 19.2. The van der Waals surface area contributed by atoms with E-state index in [1.54, 1.807) is 43.5 Å². The van der Waals surface area contributed by atoms with Gasteiger partial charge in [0.2, 0.25) is 5.88 Å². The van der Waals surface area contributed by atoms with E-state index < -0.39 is 21.2 Å². The first-order chi connectivity index (χ1) is 13.6. The normalized spacial score (nSPS) is 23.8. The second kappa shape index (κ2) is 8.09. The molecule has 0 aliphatic carbocycles. The first-order valence-corrected chi connectivity index (χ1v) is 11.4. The Bertz CT molecular complexity index is 908.